The Kier molecular flexibility index (Phi) is 5.69. The predicted molar refractivity (Wildman–Crippen MR) is 67.7 cm³/mol. The van der Waals surface area contributed by atoms with Crippen LogP contribution in [0.3, 0.4) is 0 Å². The zero-order valence-corrected chi connectivity index (χ0v) is 10.8. The Morgan fingerprint density at radius 1 is 1.47 bits per heavy atom. The molecule has 0 aliphatic rings. The van der Waals surface area contributed by atoms with E-state index in [0.717, 1.165) is 10.0 Å². The summed E-state index contributed by atoms with van der Waals surface area (Å²) in [4.78, 5) is 21.0. The monoisotopic (exact) mass is 299 g/mol. The fourth-order valence-electron chi connectivity index (χ4n) is 1.57. The molecule has 0 aromatic heterocycles. The standard InChI is InChI=1S/C12H14BrNO3/c13-11-4-2-1-3-9(11)7-10(14-8-15)5-6-12(16)17/h1-4,8,10H,5-7H2,(H,14,15)(H,16,17). The molecule has 0 saturated heterocycles. The molecular formula is C12H14BrNO3. The summed E-state index contributed by atoms with van der Waals surface area (Å²) in [6.07, 6.45) is 1.71. The van der Waals surface area contributed by atoms with E-state index >= 15 is 0 Å². The summed E-state index contributed by atoms with van der Waals surface area (Å²) < 4.78 is 0.966. The van der Waals surface area contributed by atoms with Crippen molar-refractivity contribution in [3.05, 3.63) is 34.3 Å². The lowest BCUT2D eigenvalue weighted by Gasteiger charge is -2.15. The maximum Gasteiger partial charge on any atom is 0.303 e. The van der Waals surface area contributed by atoms with Crippen LogP contribution in [0, 0.1) is 0 Å². The van der Waals surface area contributed by atoms with Gasteiger partial charge in [0.1, 0.15) is 0 Å². The molecule has 0 saturated carbocycles. The minimum Gasteiger partial charge on any atom is -0.481 e. The van der Waals surface area contributed by atoms with Gasteiger partial charge in [-0.1, -0.05) is 34.1 Å². The number of carboxylic acids is 1. The Balaban J connectivity index is 2.62. The molecule has 0 spiro atoms. The highest BCUT2D eigenvalue weighted by Gasteiger charge is 2.12. The van der Waals surface area contributed by atoms with Crippen LogP contribution in [-0.4, -0.2) is 23.5 Å². The average molecular weight is 300 g/mol. The number of benzene rings is 1. The number of aliphatic carboxylic acids is 1. The normalized spacial score (nSPS) is 11.8. The van der Waals surface area contributed by atoms with Crippen molar-refractivity contribution in [2.45, 2.75) is 25.3 Å². The van der Waals surface area contributed by atoms with Crippen LogP contribution in [0.25, 0.3) is 0 Å². The predicted octanol–water partition coefficient (Wildman–Crippen LogP) is 1.97. The molecule has 1 aromatic carbocycles. The van der Waals surface area contributed by atoms with Crippen molar-refractivity contribution >= 4 is 28.3 Å². The number of carbonyl (C=O) groups excluding carboxylic acids is 1. The lowest BCUT2D eigenvalue weighted by atomic mass is 10.0. The van der Waals surface area contributed by atoms with Crippen LogP contribution in [0.4, 0.5) is 0 Å². The number of hydrogen-bond acceptors (Lipinski definition) is 2. The molecule has 0 aliphatic heterocycles. The van der Waals surface area contributed by atoms with E-state index in [2.05, 4.69) is 21.2 Å². The Bertz CT molecular complexity index is 395. The Hall–Kier alpha value is -1.36. The summed E-state index contributed by atoms with van der Waals surface area (Å²) in [6.45, 7) is 0. The highest BCUT2D eigenvalue weighted by atomic mass is 79.9. The average Bonchev–Trinajstić information content (AvgIpc) is 2.29. The first-order valence-corrected chi connectivity index (χ1v) is 6.07. The molecule has 1 rings (SSSR count). The second-order valence-corrected chi connectivity index (χ2v) is 4.56. The molecule has 0 aliphatic carbocycles. The highest BCUT2D eigenvalue weighted by molar-refractivity contribution is 9.10. The van der Waals surface area contributed by atoms with E-state index in [1.807, 2.05) is 24.3 Å². The third-order valence-corrected chi connectivity index (χ3v) is 3.21. The maximum absolute atomic E-state index is 10.5. The number of carbonyl (C=O) groups is 2. The molecule has 17 heavy (non-hydrogen) atoms. The molecule has 1 atom stereocenters. The van der Waals surface area contributed by atoms with Crippen molar-refractivity contribution < 1.29 is 14.7 Å². The summed E-state index contributed by atoms with van der Waals surface area (Å²) in [5.41, 5.74) is 1.05. The zero-order valence-electron chi connectivity index (χ0n) is 9.23. The van der Waals surface area contributed by atoms with Gasteiger partial charge in [-0.25, -0.2) is 0 Å². The zero-order chi connectivity index (χ0) is 12.7. The number of carboxylic acid groups (broad SMARTS) is 1. The van der Waals surface area contributed by atoms with Crippen LogP contribution in [0.5, 0.6) is 0 Å². The van der Waals surface area contributed by atoms with Gasteiger partial charge in [-0.2, -0.15) is 0 Å². The summed E-state index contributed by atoms with van der Waals surface area (Å²) in [6, 6.07) is 7.54. The van der Waals surface area contributed by atoms with Gasteiger partial charge < -0.3 is 10.4 Å². The summed E-state index contributed by atoms with van der Waals surface area (Å²) in [7, 11) is 0. The van der Waals surface area contributed by atoms with Crippen LogP contribution < -0.4 is 5.32 Å². The maximum atomic E-state index is 10.5. The SMILES string of the molecule is O=CNC(CCC(=O)O)Cc1ccccc1Br. The number of nitrogens with one attached hydrogen (secondary N) is 1. The molecule has 2 N–H and O–H groups in total. The molecule has 1 aromatic rings. The number of hydrogen-bond donors (Lipinski definition) is 2. The van der Waals surface area contributed by atoms with E-state index in [4.69, 9.17) is 5.11 Å². The van der Waals surface area contributed by atoms with Crippen LogP contribution in [0.15, 0.2) is 28.7 Å². The van der Waals surface area contributed by atoms with Crippen LogP contribution in [-0.2, 0) is 16.0 Å². The first-order valence-electron chi connectivity index (χ1n) is 5.28. The van der Waals surface area contributed by atoms with E-state index in [1.165, 1.54) is 0 Å². The second kappa shape index (κ2) is 7.06. The van der Waals surface area contributed by atoms with Crippen LogP contribution in [0.2, 0.25) is 0 Å². The van der Waals surface area contributed by atoms with E-state index in [0.29, 0.717) is 19.3 Å². The van der Waals surface area contributed by atoms with Crippen LogP contribution >= 0.6 is 15.9 Å². The van der Waals surface area contributed by atoms with Crippen LogP contribution in [0.1, 0.15) is 18.4 Å². The quantitative estimate of drug-likeness (QED) is 0.757. The van der Waals surface area contributed by atoms with Crippen molar-refractivity contribution in [2.24, 2.45) is 0 Å². The van der Waals surface area contributed by atoms with Gasteiger partial charge in [0, 0.05) is 16.9 Å². The minimum absolute atomic E-state index is 0.0515. The minimum atomic E-state index is -0.852. The number of rotatable bonds is 7. The third kappa shape index (κ3) is 4.99. The number of halogens is 1. The molecule has 5 heteroatoms. The summed E-state index contributed by atoms with van der Waals surface area (Å²) in [5, 5.41) is 11.3. The van der Waals surface area contributed by atoms with Gasteiger partial charge in [-0.15, -0.1) is 0 Å². The van der Waals surface area contributed by atoms with Gasteiger partial charge in [0.15, 0.2) is 0 Å². The third-order valence-electron chi connectivity index (χ3n) is 2.43. The molecule has 0 heterocycles. The Labute approximate surface area is 108 Å². The van der Waals surface area contributed by atoms with E-state index in [9.17, 15) is 9.59 Å². The van der Waals surface area contributed by atoms with E-state index in [1.54, 1.807) is 0 Å². The lowest BCUT2D eigenvalue weighted by Crippen LogP contribution is -2.30. The highest BCUT2D eigenvalue weighted by Crippen LogP contribution is 2.18. The molecule has 0 radical (unpaired) electrons. The smallest absolute Gasteiger partial charge is 0.303 e. The molecule has 0 bridgehead atoms. The van der Waals surface area contributed by atoms with Crippen molar-refractivity contribution in [1.29, 1.82) is 0 Å². The molecule has 1 unspecified atom stereocenters. The summed E-state index contributed by atoms with van der Waals surface area (Å²) >= 11 is 3.42. The van der Waals surface area contributed by atoms with Gasteiger partial charge >= 0.3 is 5.97 Å². The van der Waals surface area contributed by atoms with Gasteiger partial charge in [-0.3, -0.25) is 9.59 Å². The molecular weight excluding hydrogens is 286 g/mol. The van der Waals surface area contributed by atoms with Crippen molar-refractivity contribution in [1.82, 2.24) is 5.32 Å². The molecule has 92 valence electrons. The van der Waals surface area contributed by atoms with Crippen molar-refractivity contribution in [3.8, 4) is 0 Å². The lowest BCUT2D eigenvalue weighted by molar-refractivity contribution is -0.137. The first kappa shape index (κ1) is 13.7. The summed E-state index contributed by atoms with van der Waals surface area (Å²) in [5.74, 6) is -0.852. The fraction of sp³-hybridized carbons (Fsp3) is 0.333. The Morgan fingerprint density at radius 3 is 2.76 bits per heavy atom. The van der Waals surface area contributed by atoms with Crippen molar-refractivity contribution in [2.75, 3.05) is 0 Å². The molecule has 4 nitrogen and oxygen atoms in total. The molecule has 0 fully saturated rings. The number of amides is 1. The second-order valence-electron chi connectivity index (χ2n) is 3.71. The van der Waals surface area contributed by atoms with Gasteiger partial charge in [0.2, 0.25) is 6.41 Å². The largest absolute Gasteiger partial charge is 0.481 e. The fourth-order valence-corrected chi connectivity index (χ4v) is 2.01. The van der Waals surface area contributed by atoms with Crippen molar-refractivity contribution in [3.63, 3.8) is 0 Å². The van der Waals surface area contributed by atoms with E-state index in [-0.39, 0.29) is 12.5 Å². The first-order chi connectivity index (χ1) is 8.13. The molecule has 1 amide bonds. The Morgan fingerprint density at radius 2 is 2.18 bits per heavy atom. The van der Waals surface area contributed by atoms with E-state index < -0.39 is 5.97 Å². The topological polar surface area (TPSA) is 66.4 Å². The van der Waals surface area contributed by atoms with Gasteiger partial charge in [0.05, 0.1) is 0 Å². The van der Waals surface area contributed by atoms with Gasteiger partial charge in [-0.05, 0) is 24.5 Å². The van der Waals surface area contributed by atoms with Gasteiger partial charge in [0.25, 0.3) is 0 Å².